The van der Waals surface area contributed by atoms with E-state index in [1.165, 1.54) is 0 Å². The summed E-state index contributed by atoms with van der Waals surface area (Å²) in [4.78, 5) is 28.6. The number of methoxy groups -OCH3 is 1. The Morgan fingerprint density at radius 3 is 2.81 bits per heavy atom. The number of hydrogen-bond donors (Lipinski definition) is 3. The number of rotatable bonds is 7. The van der Waals surface area contributed by atoms with Gasteiger partial charge in [0.05, 0.1) is 13.7 Å². The molecule has 0 radical (unpaired) electrons. The van der Waals surface area contributed by atoms with Crippen molar-refractivity contribution in [1.29, 1.82) is 0 Å². The molecular weight excluding hydrogens is 332 g/mol. The molecule has 0 aliphatic carbocycles. The Morgan fingerprint density at radius 1 is 1.35 bits per heavy atom. The van der Waals surface area contributed by atoms with Gasteiger partial charge in [0.1, 0.15) is 5.75 Å². The molecule has 2 amide bonds. The Bertz CT molecular complexity index is 778. The Balaban J connectivity index is 1.48. The van der Waals surface area contributed by atoms with Crippen molar-refractivity contribution < 1.29 is 14.3 Å². The molecule has 26 heavy (non-hydrogen) atoms. The lowest BCUT2D eigenvalue weighted by Crippen LogP contribution is -2.43. The molecule has 0 spiro atoms. The lowest BCUT2D eigenvalue weighted by Gasteiger charge is -2.30. The van der Waals surface area contributed by atoms with Gasteiger partial charge in [0.25, 0.3) is 0 Å². The molecule has 1 aliphatic heterocycles. The highest BCUT2D eigenvalue weighted by atomic mass is 16.5. The van der Waals surface area contributed by atoms with Crippen LogP contribution in [0, 0.1) is 5.92 Å². The number of primary amides is 1. The van der Waals surface area contributed by atoms with Crippen molar-refractivity contribution in [3.63, 3.8) is 0 Å². The van der Waals surface area contributed by atoms with E-state index in [-0.39, 0.29) is 24.3 Å². The van der Waals surface area contributed by atoms with Crippen LogP contribution in [-0.4, -0.2) is 55.0 Å². The highest BCUT2D eigenvalue weighted by Gasteiger charge is 2.25. The number of aromatic amines is 1. The Hall–Kier alpha value is -2.54. The molecule has 140 valence electrons. The third-order valence-electron chi connectivity index (χ3n) is 5.01. The third-order valence-corrected chi connectivity index (χ3v) is 5.01. The molecule has 1 aromatic carbocycles. The van der Waals surface area contributed by atoms with Gasteiger partial charge in [-0.05, 0) is 56.1 Å². The predicted octanol–water partition coefficient (Wildman–Crippen LogP) is 1.03. The van der Waals surface area contributed by atoms with E-state index in [9.17, 15) is 9.59 Å². The second-order valence-corrected chi connectivity index (χ2v) is 6.78. The minimum Gasteiger partial charge on any atom is -0.497 e. The van der Waals surface area contributed by atoms with Crippen LogP contribution in [0.25, 0.3) is 10.9 Å². The fourth-order valence-corrected chi connectivity index (χ4v) is 3.53. The molecule has 0 atom stereocenters. The van der Waals surface area contributed by atoms with E-state index in [1.54, 1.807) is 7.11 Å². The SMILES string of the molecule is COc1ccc2[nH]cc(CCNC(=O)C3CCN(CC(N)=O)CC3)c2c1. The van der Waals surface area contributed by atoms with E-state index in [4.69, 9.17) is 10.5 Å². The van der Waals surface area contributed by atoms with Crippen LogP contribution in [0.4, 0.5) is 0 Å². The number of nitrogens with zero attached hydrogens (tertiary/aromatic N) is 1. The minimum absolute atomic E-state index is 0.0159. The van der Waals surface area contributed by atoms with Crippen molar-refractivity contribution in [2.24, 2.45) is 11.7 Å². The maximum absolute atomic E-state index is 12.4. The number of piperidine rings is 1. The van der Waals surface area contributed by atoms with Crippen LogP contribution >= 0.6 is 0 Å². The normalized spacial score (nSPS) is 15.9. The number of nitrogens with two attached hydrogens (primary N) is 1. The smallest absolute Gasteiger partial charge is 0.231 e. The van der Waals surface area contributed by atoms with Crippen LogP contribution in [0.1, 0.15) is 18.4 Å². The topological polar surface area (TPSA) is 100 Å². The van der Waals surface area contributed by atoms with Crippen LogP contribution in [0.3, 0.4) is 0 Å². The Kier molecular flexibility index (Phi) is 5.78. The lowest BCUT2D eigenvalue weighted by molar-refractivity contribution is -0.126. The number of hydrogen-bond acceptors (Lipinski definition) is 4. The molecule has 0 saturated carbocycles. The van der Waals surface area contributed by atoms with Crippen LogP contribution < -0.4 is 15.8 Å². The average Bonchev–Trinajstić information content (AvgIpc) is 3.04. The van der Waals surface area contributed by atoms with Gasteiger partial charge in [0.15, 0.2) is 0 Å². The zero-order chi connectivity index (χ0) is 18.5. The summed E-state index contributed by atoms with van der Waals surface area (Å²) in [6.07, 6.45) is 4.28. The number of carbonyl (C=O) groups is 2. The molecular formula is C19H26N4O3. The standard InChI is InChI=1S/C19H26N4O3/c1-26-15-2-3-17-16(10-15)14(11-22-17)4-7-21-19(25)13-5-8-23(9-6-13)12-18(20)24/h2-3,10-11,13,22H,4-9,12H2,1H3,(H2,20,24)(H,21,25). The zero-order valence-electron chi connectivity index (χ0n) is 15.1. The van der Waals surface area contributed by atoms with Gasteiger partial charge in [0.2, 0.25) is 11.8 Å². The summed E-state index contributed by atoms with van der Waals surface area (Å²) in [6.45, 7) is 2.36. The number of H-pyrrole nitrogens is 1. The Labute approximate surface area is 152 Å². The highest BCUT2D eigenvalue weighted by Crippen LogP contribution is 2.24. The Morgan fingerprint density at radius 2 is 2.12 bits per heavy atom. The van der Waals surface area contributed by atoms with Gasteiger partial charge in [0, 0.05) is 29.6 Å². The fourth-order valence-electron chi connectivity index (χ4n) is 3.53. The number of aromatic nitrogens is 1. The van der Waals surface area contributed by atoms with E-state index in [0.29, 0.717) is 6.54 Å². The van der Waals surface area contributed by atoms with Crippen molar-refractivity contribution in [2.75, 3.05) is 33.3 Å². The summed E-state index contributed by atoms with van der Waals surface area (Å²) >= 11 is 0. The predicted molar refractivity (Wildman–Crippen MR) is 99.9 cm³/mol. The second kappa shape index (κ2) is 8.23. The van der Waals surface area contributed by atoms with Crippen molar-refractivity contribution in [3.8, 4) is 5.75 Å². The van der Waals surface area contributed by atoms with Crippen molar-refractivity contribution in [3.05, 3.63) is 30.0 Å². The fraction of sp³-hybridized carbons (Fsp3) is 0.474. The summed E-state index contributed by atoms with van der Waals surface area (Å²) in [5.74, 6) is 0.622. The number of amides is 2. The molecule has 4 N–H and O–H groups in total. The number of fused-ring (bicyclic) bond motifs is 1. The quantitative estimate of drug-likeness (QED) is 0.688. The van der Waals surface area contributed by atoms with E-state index >= 15 is 0 Å². The number of likely N-dealkylation sites (tertiary alicyclic amines) is 1. The minimum atomic E-state index is -0.316. The third kappa shape index (κ3) is 4.35. The van der Waals surface area contributed by atoms with Crippen LogP contribution in [0.2, 0.25) is 0 Å². The maximum atomic E-state index is 12.4. The van der Waals surface area contributed by atoms with Crippen LogP contribution in [-0.2, 0) is 16.0 Å². The summed E-state index contributed by atoms with van der Waals surface area (Å²) in [5, 5.41) is 4.17. The summed E-state index contributed by atoms with van der Waals surface area (Å²) < 4.78 is 5.28. The van der Waals surface area contributed by atoms with Crippen molar-refractivity contribution in [1.82, 2.24) is 15.2 Å². The van der Waals surface area contributed by atoms with Crippen LogP contribution in [0.15, 0.2) is 24.4 Å². The monoisotopic (exact) mass is 358 g/mol. The van der Waals surface area contributed by atoms with E-state index < -0.39 is 0 Å². The van der Waals surface area contributed by atoms with Gasteiger partial charge < -0.3 is 20.8 Å². The van der Waals surface area contributed by atoms with E-state index in [1.807, 2.05) is 29.3 Å². The van der Waals surface area contributed by atoms with Gasteiger partial charge >= 0.3 is 0 Å². The van der Waals surface area contributed by atoms with Crippen LogP contribution in [0.5, 0.6) is 5.75 Å². The molecule has 1 aliphatic rings. The first-order valence-electron chi connectivity index (χ1n) is 8.99. The highest BCUT2D eigenvalue weighted by molar-refractivity contribution is 5.85. The summed E-state index contributed by atoms with van der Waals surface area (Å²) in [7, 11) is 1.66. The van der Waals surface area contributed by atoms with Crippen molar-refractivity contribution >= 4 is 22.7 Å². The average molecular weight is 358 g/mol. The largest absolute Gasteiger partial charge is 0.497 e. The molecule has 2 aromatic rings. The maximum Gasteiger partial charge on any atom is 0.231 e. The van der Waals surface area contributed by atoms with Gasteiger partial charge in [-0.3, -0.25) is 14.5 Å². The van der Waals surface area contributed by atoms with Crippen molar-refractivity contribution in [2.45, 2.75) is 19.3 Å². The molecule has 0 bridgehead atoms. The number of benzene rings is 1. The van der Waals surface area contributed by atoms with Gasteiger partial charge in [-0.2, -0.15) is 0 Å². The molecule has 1 saturated heterocycles. The second-order valence-electron chi connectivity index (χ2n) is 6.78. The molecule has 3 rings (SSSR count). The molecule has 2 heterocycles. The first kappa shape index (κ1) is 18.3. The first-order valence-corrected chi connectivity index (χ1v) is 8.99. The van der Waals surface area contributed by atoms with E-state index in [2.05, 4.69) is 10.3 Å². The molecule has 0 unspecified atom stereocenters. The van der Waals surface area contributed by atoms with Gasteiger partial charge in [-0.15, -0.1) is 0 Å². The number of ether oxygens (including phenoxy) is 1. The number of nitrogens with one attached hydrogen (secondary N) is 2. The molecule has 1 aromatic heterocycles. The molecule has 7 heteroatoms. The van der Waals surface area contributed by atoms with E-state index in [0.717, 1.165) is 54.6 Å². The summed E-state index contributed by atoms with van der Waals surface area (Å²) in [6, 6.07) is 5.93. The summed E-state index contributed by atoms with van der Waals surface area (Å²) in [5.41, 5.74) is 7.44. The number of carbonyl (C=O) groups excluding carboxylic acids is 2. The first-order chi connectivity index (χ1) is 12.6. The van der Waals surface area contributed by atoms with Gasteiger partial charge in [-0.1, -0.05) is 0 Å². The molecule has 7 nitrogen and oxygen atoms in total. The lowest BCUT2D eigenvalue weighted by atomic mass is 9.96. The molecule has 1 fully saturated rings. The van der Waals surface area contributed by atoms with Gasteiger partial charge in [-0.25, -0.2) is 0 Å². The zero-order valence-corrected chi connectivity index (χ0v) is 15.1.